The smallest absolute Gasteiger partial charge is 0.355 e. The summed E-state index contributed by atoms with van der Waals surface area (Å²) in [6.45, 7) is 3.59. The first-order valence-corrected chi connectivity index (χ1v) is 12.3. The maximum atomic E-state index is 13.3. The van der Waals surface area contributed by atoms with Gasteiger partial charge in [-0.15, -0.1) is 0 Å². The average molecular weight is 522 g/mol. The van der Waals surface area contributed by atoms with Gasteiger partial charge in [-0.2, -0.15) is 13.9 Å². The quantitative estimate of drug-likeness (QED) is 0.248. The zero-order valence-corrected chi connectivity index (χ0v) is 19.9. The molecule has 2 aromatic carbocycles. The highest BCUT2D eigenvalue weighted by Gasteiger charge is 2.26. The van der Waals surface area contributed by atoms with Crippen molar-refractivity contribution in [1.29, 1.82) is 0 Å². The summed E-state index contributed by atoms with van der Waals surface area (Å²) in [7, 11) is -4.95. The second-order valence-electron chi connectivity index (χ2n) is 7.75. The molecule has 4 rings (SSSR count). The number of aryl methyl sites for hydroxylation is 1. The van der Waals surface area contributed by atoms with Crippen LogP contribution in [0.25, 0.3) is 11.3 Å². The molecule has 190 valence electrons. The third-order valence-corrected chi connectivity index (χ3v) is 6.14. The van der Waals surface area contributed by atoms with E-state index in [0.29, 0.717) is 40.6 Å². The number of sulfonamides is 1. The van der Waals surface area contributed by atoms with Gasteiger partial charge in [-0.3, -0.25) is 9.82 Å². The minimum atomic E-state index is -4.95. The van der Waals surface area contributed by atoms with E-state index in [-0.39, 0.29) is 11.4 Å². The number of hydrogen-bond donors (Lipinski definition) is 3. The van der Waals surface area contributed by atoms with E-state index in [0.717, 1.165) is 0 Å². The van der Waals surface area contributed by atoms with Crippen molar-refractivity contribution in [3.05, 3.63) is 71.7 Å². The molecule has 3 N–H and O–H groups in total. The molecule has 4 aromatic rings. The second-order valence-corrected chi connectivity index (χ2v) is 9.40. The Bertz CT molecular complexity index is 1440. The van der Waals surface area contributed by atoms with E-state index in [2.05, 4.69) is 20.7 Å². The fraction of sp³-hybridized carbons (Fsp3) is 0.217. The fourth-order valence-corrected chi connectivity index (χ4v) is 3.83. The minimum absolute atomic E-state index is 0.0123. The molecule has 0 radical (unpaired) electrons. The first-order valence-electron chi connectivity index (χ1n) is 10.8. The normalized spacial score (nSPS) is 12.5. The number of nitrogens with one attached hydrogen (secondary N) is 3. The van der Waals surface area contributed by atoms with E-state index in [1.807, 2.05) is 11.6 Å². The number of ether oxygens (including phenoxy) is 1. The van der Waals surface area contributed by atoms with Crippen LogP contribution in [-0.4, -0.2) is 29.5 Å². The molecule has 0 aliphatic heterocycles. The van der Waals surface area contributed by atoms with Crippen LogP contribution in [0.4, 0.5) is 30.5 Å². The summed E-state index contributed by atoms with van der Waals surface area (Å²) in [6.07, 6.45) is 0.0240. The minimum Gasteiger partial charge on any atom is -0.484 e. The third kappa shape index (κ3) is 5.79. The summed E-state index contributed by atoms with van der Waals surface area (Å²) in [5.74, 6) is -2.47. The van der Waals surface area contributed by atoms with E-state index >= 15 is 0 Å². The number of aromatic amines is 1. The maximum Gasteiger partial charge on any atom is 0.355 e. The van der Waals surface area contributed by atoms with Crippen LogP contribution < -0.4 is 14.8 Å². The molecule has 0 aliphatic rings. The molecule has 0 saturated carbocycles. The molecular weight excluding hydrogens is 499 g/mol. The monoisotopic (exact) mass is 521 g/mol. The van der Waals surface area contributed by atoms with Crippen LogP contribution in [0.2, 0.25) is 0 Å². The lowest BCUT2D eigenvalue weighted by Gasteiger charge is -2.19. The van der Waals surface area contributed by atoms with Gasteiger partial charge in [-0.05, 0) is 36.8 Å². The van der Waals surface area contributed by atoms with Crippen molar-refractivity contribution in [3.8, 4) is 17.0 Å². The van der Waals surface area contributed by atoms with Gasteiger partial charge in [0.25, 0.3) is 10.0 Å². The highest BCUT2D eigenvalue weighted by molar-refractivity contribution is 7.93. The Balaban J connectivity index is 1.63. The first-order chi connectivity index (χ1) is 17.1. The molecule has 0 unspecified atom stereocenters. The summed E-state index contributed by atoms with van der Waals surface area (Å²) in [6, 6.07) is 13.2. The fourth-order valence-electron chi connectivity index (χ4n) is 3.27. The molecule has 0 spiro atoms. The number of benzene rings is 2. The van der Waals surface area contributed by atoms with Crippen LogP contribution in [0.5, 0.6) is 5.75 Å². The van der Waals surface area contributed by atoms with Crippen LogP contribution in [0.15, 0.2) is 59.1 Å². The Labute approximate surface area is 204 Å². The Morgan fingerprint density at radius 2 is 1.83 bits per heavy atom. The highest BCUT2D eigenvalue weighted by Crippen LogP contribution is 2.35. The number of hydrogen-bond acceptors (Lipinski definition) is 7. The molecule has 2 aromatic heterocycles. The van der Waals surface area contributed by atoms with Gasteiger partial charge in [-0.1, -0.05) is 30.3 Å². The van der Waals surface area contributed by atoms with Crippen LogP contribution in [0.3, 0.4) is 0 Å². The lowest BCUT2D eigenvalue weighted by Crippen LogP contribution is -2.21. The summed E-state index contributed by atoms with van der Waals surface area (Å²) in [5, 5.41) is 13.9. The van der Waals surface area contributed by atoms with Crippen molar-refractivity contribution in [2.75, 3.05) is 10.0 Å². The van der Waals surface area contributed by atoms with Gasteiger partial charge in [0.05, 0.1) is 11.4 Å². The maximum absolute atomic E-state index is 13.3. The van der Waals surface area contributed by atoms with E-state index in [1.54, 1.807) is 19.1 Å². The van der Waals surface area contributed by atoms with Crippen LogP contribution in [0, 0.1) is 5.82 Å². The summed E-state index contributed by atoms with van der Waals surface area (Å²) in [4.78, 5) is 0. The second kappa shape index (κ2) is 10.3. The zero-order valence-electron chi connectivity index (χ0n) is 19.1. The lowest BCUT2D eigenvalue weighted by molar-refractivity contribution is 0.228. The van der Waals surface area contributed by atoms with Gasteiger partial charge in [-0.25, -0.2) is 12.8 Å². The standard InChI is InChI=1S/C23H22F3N5O4S/c1-3-17-11-22(30-35-17)27-21-12-19(28-29-21)15-6-9-18(31-36(32,33)23(25)26)20(10-15)34-13(2)14-4-7-16(24)8-5-14/h4-13,23,31H,3H2,1-2H3,(H2,27,28,29,30)/t13-/m0/s1. The number of rotatable bonds is 10. The Hall–Kier alpha value is -4.00. The van der Waals surface area contributed by atoms with Gasteiger partial charge in [0.2, 0.25) is 0 Å². The van der Waals surface area contributed by atoms with Gasteiger partial charge < -0.3 is 14.6 Å². The van der Waals surface area contributed by atoms with E-state index in [4.69, 9.17) is 9.26 Å². The molecular formula is C23H22F3N5O4S. The predicted octanol–water partition coefficient (Wildman–Crippen LogP) is 5.61. The molecule has 36 heavy (non-hydrogen) atoms. The number of halogens is 3. The molecule has 0 aliphatic carbocycles. The van der Waals surface area contributed by atoms with Crippen molar-refractivity contribution in [2.45, 2.75) is 32.1 Å². The topological polar surface area (TPSA) is 122 Å². The number of anilines is 3. The van der Waals surface area contributed by atoms with E-state index in [1.165, 1.54) is 42.5 Å². The predicted molar refractivity (Wildman–Crippen MR) is 127 cm³/mol. The molecule has 0 bridgehead atoms. The summed E-state index contributed by atoms with van der Waals surface area (Å²) < 4.78 is 75.8. The van der Waals surface area contributed by atoms with Crippen molar-refractivity contribution in [3.63, 3.8) is 0 Å². The van der Waals surface area contributed by atoms with Crippen molar-refractivity contribution >= 4 is 27.3 Å². The van der Waals surface area contributed by atoms with Gasteiger partial charge in [0.15, 0.2) is 11.6 Å². The highest BCUT2D eigenvalue weighted by atomic mass is 32.2. The van der Waals surface area contributed by atoms with Crippen LogP contribution in [-0.2, 0) is 16.4 Å². The molecule has 9 nitrogen and oxygen atoms in total. The Kier molecular flexibility index (Phi) is 7.20. The molecule has 0 fully saturated rings. The number of H-pyrrole nitrogens is 1. The average Bonchev–Trinajstić information content (AvgIpc) is 3.50. The number of alkyl halides is 2. The molecule has 1 atom stereocenters. The van der Waals surface area contributed by atoms with Crippen LogP contribution in [0.1, 0.15) is 31.3 Å². The number of nitrogens with zero attached hydrogens (tertiary/aromatic N) is 2. The summed E-state index contributed by atoms with van der Waals surface area (Å²) >= 11 is 0. The molecule has 2 heterocycles. The Morgan fingerprint density at radius 3 is 2.50 bits per heavy atom. The van der Waals surface area contributed by atoms with Crippen molar-refractivity contribution in [1.82, 2.24) is 15.4 Å². The number of aromatic nitrogens is 3. The van der Waals surface area contributed by atoms with Crippen molar-refractivity contribution in [2.24, 2.45) is 0 Å². The van der Waals surface area contributed by atoms with Crippen LogP contribution >= 0.6 is 0 Å². The van der Waals surface area contributed by atoms with Gasteiger partial charge in [0, 0.05) is 24.1 Å². The van der Waals surface area contributed by atoms with Gasteiger partial charge >= 0.3 is 5.76 Å². The largest absolute Gasteiger partial charge is 0.484 e. The molecule has 0 saturated heterocycles. The Morgan fingerprint density at radius 1 is 1.08 bits per heavy atom. The van der Waals surface area contributed by atoms with E-state index < -0.39 is 27.7 Å². The molecule has 13 heteroatoms. The van der Waals surface area contributed by atoms with Gasteiger partial charge in [0.1, 0.15) is 23.4 Å². The van der Waals surface area contributed by atoms with Crippen molar-refractivity contribution < 1.29 is 30.8 Å². The SMILES string of the molecule is CCc1cc(Nc2cc(-c3ccc(NS(=O)(=O)C(F)F)c(O[C@@H](C)c4ccc(F)cc4)c3)[nH]n2)no1. The molecule has 0 amide bonds. The third-order valence-electron chi connectivity index (χ3n) is 5.16. The lowest BCUT2D eigenvalue weighted by atomic mass is 10.1. The first kappa shape index (κ1) is 25.1. The zero-order chi connectivity index (χ0) is 25.9. The van der Waals surface area contributed by atoms with E-state index in [9.17, 15) is 21.6 Å². The summed E-state index contributed by atoms with van der Waals surface area (Å²) in [5.41, 5.74) is 1.47.